The number of rotatable bonds is 4. The Balaban J connectivity index is 2.96. The molecule has 0 fully saturated rings. The molecule has 0 heterocycles. The molecule has 0 saturated heterocycles. The average Bonchev–Trinajstić information content (AvgIpc) is 2.24. The number of benzene rings is 1. The van der Waals surface area contributed by atoms with Gasteiger partial charge in [0, 0.05) is 6.61 Å². The number of aliphatic hydroxyl groups excluding tert-OH is 3. The Hall–Kier alpha value is -1.30. The highest BCUT2D eigenvalue weighted by molar-refractivity contribution is 5.68. The van der Waals surface area contributed by atoms with E-state index in [1.807, 2.05) is 0 Å². The summed E-state index contributed by atoms with van der Waals surface area (Å²) in [6.45, 7) is 1.60. The van der Waals surface area contributed by atoms with E-state index in [0.29, 0.717) is 16.9 Å². The van der Waals surface area contributed by atoms with Gasteiger partial charge in [-0.25, -0.2) is 0 Å². The fourth-order valence-corrected chi connectivity index (χ4v) is 1.54. The Morgan fingerprint density at radius 3 is 2.38 bits per heavy atom. The smallest absolute Gasteiger partial charge is 0.105 e. The van der Waals surface area contributed by atoms with Crippen molar-refractivity contribution in [2.24, 2.45) is 0 Å². The lowest BCUT2D eigenvalue weighted by Gasteiger charge is -2.19. The zero-order valence-electron chi connectivity index (χ0n) is 9.22. The predicted octanol–water partition coefficient (Wildman–Crippen LogP) is -0.0639. The van der Waals surface area contributed by atoms with Gasteiger partial charge in [0.15, 0.2) is 0 Å². The summed E-state index contributed by atoms with van der Waals surface area (Å²) in [7, 11) is 0. The fraction of sp³-hybridized carbons (Fsp3) is 0.455. The number of aliphatic hydroxyl groups is 3. The molecule has 0 radical (unpaired) electrons. The van der Waals surface area contributed by atoms with Crippen LogP contribution in [0.25, 0.3) is 0 Å². The number of anilines is 2. The van der Waals surface area contributed by atoms with Gasteiger partial charge in [0.1, 0.15) is 6.10 Å². The van der Waals surface area contributed by atoms with Gasteiger partial charge >= 0.3 is 0 Å². The second-order valence-corrected chi connectivity index (χ2v) is 3.87. The third kappa shape index (κ3) is 2.63. The van der Waals surface area contributed by atoms with E-state index in [0.717, 1.165) is 5.56 Å². The van der Waals surface area contributed by atoms with E-state index in [1.54, 1.807) is 13.0 Å². The molecule has 7 N–H and O–H groups in total. The highest BCUT2D eigenvalue weighted by atomic mass is 16.3. The zero-order chi connectivity index (χ0) is 12.3. The summed E-state index contributed by atoms with van der Waals surface area (Å²) in [5.41, 5.74) is 13.5. The standard InChI is InChI=1S/C11H18N2O3/c1-6-4-7(5-8(12)10(6)13)11(16)9(15)2-3-14/h4-5,9,11,14-16H,2-3,12-13H2,1H3. The lowest BCUT2D eigenvalue weighted by Crippen LogP contribution is -2.20. The summed E-state index contributed by atoms with van der Waals surface area (Å²) in [5, 5.41) is 28.0. The Labute approximate surface area is 94.3 Å². The maximum atomic E-state index is 9.80. The number of hydrogen-bond acceptors (Lipinski definition) is 5. The van der Waals surface area contributed by atoms with Crippen molar-refractivity contribution in [2.45, 2.75) is 25.6 Å². The normalized spacial score (nSPS) is 14.8. The maximum Gasteiger partial charge on any atom is 0.105 e. The molecule has 0 aliphatic rings. The Kier molecular flexibility index (Phi) is 4.12. The summed E-state index contributed by atoms with van der Waals surface area (Å²) in [6, 6.07) is 3.21. The highest BCUT2D eigenvalue weighted by Crippen LogP contribution is 2.27. The molecular weight excluding hydrogens is 208 g/mol. The summed E-state index contributed by atoms with van der Waals surface area (Å²) in [5.74, 6) is 0. The van der Waals surface area contributed by atoms with Crippen LogP contribution in [0.15, 0.2) is 12.1 Å². The minimum atomic E-state index is -1.06. The minimum absolute atomic E-state index is 0.116. The molecule has 0 saturated carbocycles. The molecule has 0 aromatic heterocycles. The van der Waals surface area contributed by atoms with E-state index in [4.69, 9.17) is 16.6 Å². The second-order valence-electron chi connectivity index (χ2n) is 3.87. The van der Waals surface area contributed by atoms with Crippen LogP contribution in [0.1, 0.15) is 23.7 Å². The molecule has 0 aliphatic carbocycles. The van der Waals surface area contributed by atoms with E-state index in [1.165, 1.54) is 6.07 Å². The zero-order valence-corrected chi connectivity index (χ0v) is 9.22. The number of hydrogen-bond donors (Lipinski definition) is 5. The Bertz CT molecular complexity index is 345. The SMILES string of the molecule is Cc1cc(C(O)C(O)CCO)cc(N)c1N. The first-order chi connectivity index (χ1) is 7.47. The summed E-state index contributed by atoms with van der Waals surface area (Å²) < 4.78 is 0. The third-order valence-corrected chi connectivity index (χ3v) is 2.57. The monoisotopic (exact) mass is 226 g/mol. The second kappa shape index (κ2) is 5.16. The molecule has 16 heavy (non-hydrogen) atoms. The number of nitrogens with two attached hydrogens (primary N) is 2. The molecule has 5 heteroatoms. The van der Waals surface area contributed by atoms with Crippen LogP contribution in [0.5, 0.6) is 0 Å². The van der Waals surface area contributed by atoms with Crippen LogP contribution in [-0.4, -0.2) is 28.0 Å². The van der Waals surface area contributed by atoms with Crippen LogP contribution >= 0.6 is 0 Å². The first-order valence-corrected chi connectivity index (χ1v) is 5.09. The van der Waals surface area contributed by atoms with E-state index in [2.05, 4.69) is 0 Å². The van der Waals surface area contributed by atoms with Gasteiger partial charge in [0.25, 0.3) is 0 Å². The molecular formula is C11H18N2O3. The van der Waals surface area contributed by atoms with Gasteiger partial charge in [0.05, 0.1) is 17.5 Å². The van der Waals surface area contributed by atoms with Gasteiger partial charge in [-0.3, -0.25) is 0 Å². The molecule has 0 amide bonds. The van der Waals surface area contributed by atoms with Gasteiger partial charge in [-0.15, -0.1) is 0 Å². The van der Waals surface area contributed by atoms with Crippen molar-refractivity contribution >= 4 is 11.4 Å². The van der Waals surface area contributed by atoms with Crippen molar-refractivity contribution in [2.75, 3.05) is 18.1 Å². The fourth-order valence-electron chi connectivity index (χ4n) is 1.54. The summed E-state index contributed by atoms with van der Waals surface area (Å²) in [6.07, 6.45) is -1.95. The van der Waals surface area contributed by atoms with Crippen LogP contribution < -0.4 is 11.5 Å². The third-order valence-electron chi connectivity index (χ3n) is 2.57. The van der Waals surface area contributed by atoms with E-state index >= 15 is 0 Å². The number of aryl methyl sites for hydroxylation is 1. The largest absolute Gasteiger partial charge is 0.397 e. The summed E-state index contributed by atoms with van der Waals surface area (Å²) in [4.78, 5) is 0. The lowest BCUT2D eigenvalue weighted by molar-refractivity contribution is 0.00423. The van der Waals surface area contributed by atoms with Crippen LogP contribution in [-0.2, 0) is 0 Å². The molecule has 2 atom stereocenters. The van der Waals surface area contributed by atoms with E-state index < -0.39 is 12.2 Å². The van der Waals surface area contributed by atoms with Crippen molar-refractivity contribution in [1.82, 2.24) is 0 Å². The van der Waals surface area contributed by atoms with Crippen LogP contribution in [0.4, 0.5) is 11.4 Å². The van der Waals surface area contributed by atoms with Crippen LogP contribution in [0, 0.1) is 6.92 Å². The molecule has 1 aromatic rings. The molecule has 5 nitrogen and oxygen atoms in total. The maximum absolute atomic E-state index is 9.80. The number of nitrogen functional groups attached to an aromatic ring is 2. The topological polar surface area (TPSA) is 113 Å². The molecule has 2 unspecified atom stereocenters. The van der Waals surface area contributed by atoms with Crippen molar-refractivity contribution in [3.8, 4) is 0 Å². The van der Waals surface area contributed by atoms with Crippen molar-refractivity contribution in [3.05, 3.63) is 23.3 Å². The highest BCUT2D eigenvalue weighted by Gasteiger charge is 2.19. The summed E-state index contributed by atoms with van der Waals surface area (Å²) >= 11 is 0. The molecule has 90 valence electrons. The molecule has 0 bridgehead atoms. The minimum Gasteiger partial charge on any atom is -0.397 e. The quantitative estimate of drug-likeness (QED) is 0.461. The van der Waals surface area contributed by atoms with Gasteiger partial charge in [-0.1, -0.05) is 6.07 Å². The van der Waals surface area contributed by atoms with Gasteiger partial charge < -0.3 is 26.8 Å². The average molecular weight is 226 g/mol. The lowest BCUT2D eigenvalue weighted by atomic mass is 9.99. The van der Waals surface area contributed by atoms with E-state index in [9.17, 15) is 10.2 Å². The van der Waals surface area contributed by atoms with Crippen molar-refractivity contribution < 1.29 is 15.3 Å². The van der Waals surface area contributed by atoms with Crippen molar-refractivity contribution in [1.29, 1.82) is 0 Å². The van der Waals surface area contributed by atoms with Gasteiger partial charge in [-0.2, -0.15) is 0 Å². The Morgan fingerprint density at radius 1 is 1.25 bits per heavy atom. The van der Waals surface area contributed by atoms with Crippen LogP contribution in [0.3, 0.4) is 0 Å². The first kappa shape index (κ1) is 12.8. The van der Waals surface area contributed by atoms with Gasteiger partial charge in [0.2, 0.25) is 0 Å². The van der Waals surface area contributed by atoms with Gasteiger partial charge in [-0.05, 0) is 30.5 Å². The molecule has 0 aliphatic heterocycles. The van der Waals surface area contributed by atoms with E-state index in [-0.39, 0.29) is 13.0 Å². The predicted molar refractivity (Wildman–Crippen MR) is 62.7 cm³/mol. The van der Waals surface area contributed by atoms with Crippen molar-refractivity contribution in [3.63, 3.8) is 0 Å². The van der Waals surface area contributed by atoms with Crippen LogP contribution in [0.2, 0.25) is 0 Å². The first-order valence-electron chi connectivity index (χ1n) is 5.09. The molecule has 0 spiro atoms. The Morgan fingerprint density at radius 2 is 1.88 bits per heavy atom. The molecule has 1 rings (SSSR count). The molecule has 1 aromatic carbocycles.